The largest absolute Gasteiger partial charge is 0.444 e. The van der Waals surface area contributed by atoms with E-state index in [1.54, 1.807) is 65.8 Å². The number of likely N-dealkylation sites (tertiary alicyclic amines) is 1. The number of alkyl carbamates (subject to hydrolysis) is 2. The molecule has 0 unspecified atom stereocenters. The Labute approximate surface area is 283 Å². The van der Waals surface area contributed by atoms with E-state index in [1.165, 1.54) is 5.56 Å². The van der Waals surface area contributed by atoms with Crippen LogP contribution in [0, 0.1) is 0 Å². The highest BCUT2D eigenvalue weighted by atomic mass is 16.6. The van der Waals surface area contributed by atoms with E-state index >= 15 is 0 Å². The van der Waals surface area contributed by atoms with Gasteiger partial charge < -0.3 is 20.1 Å². The van der Waals surface area contributed by atoms with Gasteiger partial charge in [0, 0.05) is 37.4 Å². The Balaban J connectivity index is 1.43. The summed E-state index contributed by atoms with van der Waals surface area (Å²) in [5.41, 5.74) is 1.31. The molecular formula is C37H48N6O5. The zero-order valence-corrected chi connectivity index (χ0v) is 28.8. The van der Waals surface area contributed by atoms with Gasteiger partial charge in [-0.05, 0) is 96.3 Å². The lowest BCUT2D eigenvalue weighted by Crippen LogP contribution is -2.55. The van der Waals surface area contributed by atoms with Crippen LogP contribution in [0.25, 0.3) is 0 Å². The number of hydrogen-bond donors (Lipinski definition) is 4. The highest BCUT2D eigenvalue weighted by Gasteiger charge is 2.35. The predicted molar refractivity (Wildman–Crippen MR) is 188 cm³/mol. The number of carbonyl (C=O) groups is 3. The number of carbonyl (C=O) groups excluding carboxylic acids is 3. The van der Waals surface area contributed by atoms with Crippen LogP contribution in [0.4, 0.5) is 21.0 Å². The van der Waals surface area contributed by atoms with Crippen molar-refractivity contribution in [3.63, 3.8) is 0 Å². The van der Waals surface area contributed by atoms with Gasteiger partial charge in [-0.15, -0.1) is 0 Å². The quantitative estimate of drug-likeness (QED) is 0.159. The lowest BCUT2D eigenvalue weighted by atomic mass is 9.86. The standard InChI is InChI=1S/C37H48N6O5/c1-35(2,3)47-33(45)40-32(41-34(46)48-36(4,5)6)39-29-19-17-28(18-20-29)31(44)38-26-37(42-30-15-11-8-12-16-30)21-23-43(24-22-37)25-27-13-9-7-10-14-27/h7-20,42H,21-26H2,1-6H3,(H,38,44)(H2,39,40,41,45,46). The molecule has 0 bridgehead atoms. The van der Waals surface area contributed by atoms with E-state index < -0.39 is 23.4 Å². The van der Waals surface area contributed by atoms with Crippen LogP contribution in [0.3, 0.4) is 0 Å². The molecular weight excluding hydrogens is 608 g/mol. The Bertz CT molecular complexity index is 1510. The zero-order valence-electron chi connectivity index (χ0n) is 28.8. The van der Waals surface area contributed by atoms with E-state index in [4.69, 9.17) is 9.47 Å². The Hall–Kier alpha value is -4.90. The fourth-order valence-corrected chi connectivity index (χ4v) is 5.21. The van der Waals surface area contributed by atoms with Crippen LogP contribution < -0.4 is 21.3 Å². The molecule has 0 aliphatic carbocycles. The molecule has 1 saturated heterocycles. The first kappa shape index (κ1) is 35.9. The van der Waals surface area contributed by atoms with Crippen molar-refractivity contribution >= 4 is 35.4 Å². The van der Waals surface area contributed by atoms with E-state index in [0.717, 1.165) is 38.2 Å². The van der Waals surface area contributed by atoms with Gasteiger partial charge in [0.25, 0.3) is 5.91 Å². The van der Waals surface area contributed by atoms with Gasteiger partial charge in [-0.2, -0.15) is 0 Å². The number of para-hydroxylation sites is 1. The number of hydrogen-bond acceptors (Lipinski definition) is 8. The molecule has 3 aromatic rings. The molecule has 3 amide bonds. The van der Waals surface area contributed by atoms with Crippen molar-refractivity contribution in [3.05, 3.63) is 96.1 Å². The Morgan fingerprint density at radius 1 is 0.750 bits per heavy atom. The number of rotatable bonds is 8. The fourth-order valence-electron chi connectivity index (χ4n) is 5.21. The first-order valence-electron chi connectivity index (χ1n) is 16.2. The normalized spacial score (nSPS) is 14.6. The molecule has 11 nitrogen and oxygen atoms in total. The maximum absolute atomic E-state index is 13.3. The number of guanidine groups is 1. The lowest BCUT2D eigenvalue weighted by Gasteiger charge is -2.43. The third-order valence-corrected chi connectivity index (χ3v) is 7.44. The molecule has 0 aromatic heterocycles. The molecule has 0 radical (unpaired) electrons. The van der Waals surface area contributed by atoms with Gasteiger partial charge in [-0.25, -0.2) is 14.6 Å². The van der Waals surface area contributed by atoms with Crippen molar-refractivity contribution in [1.82, 2.24) is 20.9 Å². The third kappa shape index (κ3) is 12.0. The molecule has 1 heterocycles. The van der Waals surface area contributed by atoms with Gasteiger partial charge in [-0.3, -0.25) is 20.3 Å². The average Bonchev–Trinajstić information content (AvgIpc) is 3.00. The van der Waals surface area contributed by atoms with E-state index in [9.17, 15) is 14.4 Å². The van der Waals surface area contributed by atoms with Gasteiger partial charge in [-0.1, -0.05) is 48.5 Å². The molecule has 0 spiro atoms. The number of nitrogens with one attached hydrogen (secondary N) is 4. The molecule has 3 aromatic carbocycles. The second-order valence-electron chi connectivity index (χ2n) is 14.0. The summed E-state index contributed by atoms with van der Waals surface area (Å²) in [5, 5.41) is 11.8. The molecule has 1 fully saturated rings. The van der Waals surface area contributed by atoms with E-state index in [1.807, 2.05) is 36.4 Å². The SMILES string of the molecule is CC(C)(C)OC(=O)NC(=Nc1ccc(C(=O)NCC2(Nc3ccccc3)CCN(Cc3ccccc3)CC2)cc1)NC(=O)OC(C)(C)C. The smallest absolute Gasteiger partial charge is 0.414 e. The van der Waals surface area contributed by atoms with Crippen LogP contribution in [0.1, 0.15) is 70.3 Å². The minimum atomic E-state index is -0.794. The number of ether oxygens (including phenoxy) is 2. The van der Waals surface area contributed by atoms with Gasteiger partial charge in [0.05, 0.1) is 11.2 Å². The molecule has 48 heavy (non-hydrogen) atoms. The van der Waals surface area contributed by atoms with E-state index in [0.29, 0.717) is 17.8 Å². The van der Waals surface area contributed by atoms with Crippen LogP contribution >= 0.6 is 0 Å². The maximum Gasteiger partial charge on any atom is 0.414 e. The minimum absolute atomic E-state index is 0.178. The van der Waals surface area contributed by atoms with Crippen LogP contribution in [-0.4, -0.2) is 65.3 Å². The average molecular weight is 657 g/mol. The monoisotopic (exact) mass is 656 g/mol. The highest BCUT2D eigenvalue weighted by Crippen LogP contribution is 2.28. The molecule has 0 saturated carbocycles. The number of nitrogens with zero attached hydrogens (tertiary/aromatic N) is 2. The van der Waals surface area contributed by atoms with Crippen molar-refractivity contribution in [2.45, 2.75) is 77.7 Å². The first-order valence-corrected chi connectivity index (χ1v) is 16.2. The maximum atomic E-state index is 13.3. The van der Waals surface area contributed by atoms with Crippen LogP contribution in [0.5, 0.6) is 0 Å². The summed E-state index contributed by atoms with van der Waals surface area (Å²) in [6.07, 6.45) is 0.135. The van der Waals surface area contributed by atoms with Gasteiger partial charge in [0.2, 0.25) is 5.96 Å². The summed E-state index contributed by atoms with van der Waals surface area (Å²) < 4.78 is 10.6. The van der Waals surface area contributed by atoms with Gasteiger partial charge >= 0.3 is 12.2 Å². The second kappa shape index (κ2) is 15.8. The highest BCUT2D eigenvalue weighted by molar-refractivity contribution is 6.02. The summed E-state index contributed by atoms with van der Waals surface area (Å²) in [6.45, 7) is 13.5. The fraction of sp³-hybridized carbons (Fsp3) is 0.405. The molecule has 0 atom stereocenters. The summed E-state index contributed by atoms with van der Waals surface area (Å²) in [4.78, 5) is 45.0. The van der Waals surface area contributed by atoms with Crippen molar-refractivity contribution < 1.29 is 23.9 Å². The Morgan fingerprint density at radius 2 is 1.27 bits per heavy atom. The molecule has 256 valence electrons. The van der Waals surface area contributed by atoms with Crippen molar-refractivity contribution in [3.8, 4) is 0 Å². The van der Waals surface area contributed by atoms with Gasteiger partial charge in [0.15, 0.2) is 0 Å². The molecule has 1 aliphatic rings. The lowest BCUT2D eigenvalue weighted by molar-refractivity contribution is 0.0545. The van der Waals surface area contributed by atoms with Crippen molar-refractivity contribution in [2.24, 2.45) is 4.99 Å². The van der Waals surface area contributed by atoms with E-state index in [-0.39, 0.29) is 17.4 Å². The topological polar surface area (TPSA) is 133 Å². The minimum Gasteiger partial charge on any atom is -0.444 e. The first-order chi connectivity index (χ1) is 22.7. The predicted octanol–water partition coefficient (Wildman–Crippen LogP) is 6.60. The Kier molecular flexibility index (Phi) is 11.8. The number of amides is 3. The molecule has 4 rings (SSSR count). The summed E-state index contributed by atoms with van der Waals surface area (Å²) in [7, 11) is 0. The number of benzene rings is 3. The summed E-state index contributed by atoms with van der Waals surface area (Å²) in [6, 6.07) is 27.1. The van der Waals surface area contributed by atoms with Crippen LogP contribution in [0.2, 0.25) is 0 Å². The molecule has 4 N–H and O–H groups in total. The van der Waals surface area contributed by atoms with E-state index in [2.05, 4.69) is 55.4 Å². The molecule has 1 aliphatic heterocycles. The van der Waals surface area contributed by atoms with Crippen molar-refractivity contribution in [1.29, 1.82) is 0 Å². The second-order valence-corrected chi connectivity index (χ2v) is 14.0. The summed E-state index contributed by atoms with van der Waals surface area (Å²) in [5.74, 6) is -0.395. The van der Waals surface area contributed by atoms with Gasteiger partial charge in [0.1, 0.15) is 11.2 Å². The van der Waals surface area contributed by atoms with Crippen LogP contribution in [0.15, 0.2) is 89.9 Å². The number of anilines is 1. The zero-order chi connectivity index (χ0) is 34.8. The van der Waals surface area contributed by atoms with Crippen LogP contribution in [-0.2, 0) is 16.0 Å². The number of piperidine rings is 1. The molecule has 11 heteroatoms. The Morgan fingerprint density at radius 3 is 1.79 bits per heavy atom. The third-order valence-electron chi connectivity index (χ3n) is 7.44. The summed E-state index contributed by atoms with van der Waals surface area (Å²) >= 11 is 0. The van der Waals surface area contributed by atoms with Crippen molar-refractivity contribution in [2.75, 3.05) is 25.0 Å². The number of aliphatic imine (C=N–C) groups is 1.